The minimum absolute atomic E-state index is 0. The number of amides is 1. The van der Waals surface area contributed by atoms with Gasteiger partial charge in [-0.15, -0.1) is 24.0 Å². The van der Waals surface area contributed by atoms with Crippen LogP contribution in [0.3, 0.4) is 0 Å². The molecule has 8 nitrogen and oxygen atoms in total. The van der Waals surface area contributed by atoms with E-state index in [2.05, 4.69) is 20.2 Å². The molecule has 3 N–H and O–H groups in total. The Bertz CT molecular complexity index is 810. The molecule has 29 heavy (non-hydrogen) atoms. The second-order valence-corrected chi connectivity index (χ2v) is 6.43. The van der Waals surface area contributed by atoms with Crippen LogP contribution in [0.2, 0.25) is 0 Å². The fourth-order valence-electron chi connectivity index (χ4n) is 3.04. The number of piperazine rings is 1. The summed E-state index contributed by atoms with van der Waals surface area (Å²) < 4.78 is 5.17. The highest BCUT2D eigenvalue weighted by molar-refractivity contribution is 14.0. The Labute approximate surface area is 188 Å². The Morgan fingerprint density at radius 3 is 2.69 bits per heavy atom. The van der Waals surface area contributed by atoms with Crippen LogP contribution < -0.4 is 20.7 Å². The number of methoxy groups -OCH3 is 1. The molecule has 2 heterocycles. The van der Waals surface area contributed by atoms with Crippen LogP contribution in [0.5, 0.6) is 5.75 Å². The molecule has 0 bridgehead atoms. The lowest BCUT2D eigenvalue weighted by atomic mass is 10.2. The number of aliphatic imine (C=N–C) groups is 1. The highest BCUT2D eigenvalue weighted by Crippen LogP contribution is 2.16. The van der Waals surface area contributed by atoms with E-state index in [0.29, 0.717) is 26.1 Å². The van der Waals surface area contributed by atoms with Gasteiger partial charge in [0.1, 0.15) is 11.6 Å². The van der Waals surface area contributed by atoms with E-state index in [0.717, 1.165) is 30.3 Å². The fourth-order valence-corrected chi connectivity index (χ4v) is 3.04. The van der Waals surface area contributed by atoms with Gasteiger partial charge in [-0.2, -0.15) is 0 Å². The standard InChI is InChI=1S/C20H26N6O2.HI/c1-28-17-6-4-5-16(15-17)24-20(21)23-10-8-19(27)26-13-11-25(12-14-26)18-7-2-3-9-22-18;/h2-7,9,15H,8,10-14H2,1H3,(H3,21,23,24);1H. The number of nitrogens with two attached hydrogens (primary N) is 1. The summed E-state index contributed by atoms with van der Waals surface area (Å²) in [6, 6.07) is 13.3. The van der Waals surface area contributed by atoms with Gasteiger partial charge in [-0.25, -0.2) is 4.98 Å². The summed E-state index contributed by atoms with van der Waals surface area (Å²) in [4.78, 5) is 25.1. The largest absolute Gasteiger partial charge is 0.497 e. The van der Waals surface area contributed by atoms with Gasteiger partial charge in [0.15, 0.2) is 5.96 Å². The number of carbonyl (C=O) groups is 1. The third kappa shape index (κ3) is 6.77. The summed E-state index contributed by atoms with van der Waals surface area (Å²) in [5, 5.41) is 3.00. The first-order chi connectivity index (χ1) is 13.7. The van der Waals surface area contributed by atoms with Crippen molar-refractivity contribution in [2.24, 2.45) is 10.7 Å². The number of pyridine rings is 1. The zero-order chi connectivity index (χ0) is 19.8. The van der Waals surface area contributed by atoms with E-state index in [-0.39, 0.29) is 35.8 Å². The number of hydrogen-bond acceptors (Lipinski definition) is 5. The minimum Gasteiger partial charge on any atom is -0.497 e. The Morgan fingerprint density at radius 1 is 1.21 bits per heavy atom. The van der Waals surface area contributed by atoms with Crippen molar-refractivity contribution in [2.75, 3.05) is 50.1 Å². The Morgan fingerprint density at radius 2 is 2.00 bits per heavy atom. The van der Waals surface area contributed by atoms with E-state index >= 15 is 0 Å². The van der Waals surface area contributed by atoms with Crippen LogP contribution >= 0.6 is 24.0 Å². The fraction of sp³-hybridized carbons (Fsp3) is 0.350. The molecular formula is C20H27IN6O2. The third-order valence-electron chi connectivity index (χ3n) is 4.56. The molecule has 1 aromatic heterocycles. The third-order valence-corrected chi connectivity index (χ3v) is 4.56. The van der Waals surface area contributed by atoms with Gasteiger partial charge in [0.25, 0.3) is 0 Å². The second kappa shape index (κ2) is 11.4. The lowest BCUT2D eigenvalue weighted by Crippen LogP contribution is -2.49. The molecule has 0 spiro atoms. The van der Waals surface area contributed by atoms with Crippen molar-refractivity contribution in [3.05, 3.63) is 48.7 Å². The van der Waals surface area contributed by atoms with Gasteiger partial charge in [-0.1, -0.05) is 12.1 Å². The number of guanidine groups is 1. The number of benzene rings is 1. The van der Waals surface area contributed by atoms with E-state index in [1.165, 1.54) is 0 Å². The van der Waals surface area contributed by atoms with Crippen molar-refractivity contribution < 1.29 is 9.53 Å². The van der Waals surface area contributed by atoms with Crippen molar-refractivity contribution in [3.8, 4) is 5.75 Å². The van der Waals surface area contributed by atoms with E-state index in [1.807, 2.05) is 47.4 Å². The molecule has 9 heteroatoms. The van der Waals surface area contributed by atoms with Crippen LogP contribution in [0.25, 0.3) is 0 Å². The zero-order valence-electron chi connectivity index (χ0n) is 16.5. The van der Waals surface area contributed by atoms with Crippen molar-refractivity contribution in [1.82, 2.24) is 9.88 Å². The van der Waals surface area contributed by atoms with Crippen molar-refractivity contribution in [1.29, 1.82) is 0 Å². The van der Waals surface area contributed by atoms with Gasteiger partial charge in [-0.3, -0.25) is 9.79 Å². The van der Waals surface area contributed by atoms with Crippen LogP contribution in [-0.2, 0) is 4.79 Å². The van der Waals surface area contributed by atoms with E-state index in [1.54, 1.807) is 13.3 Å². The molecular weight excluding hydrogens is 483 g/mol. The lowest BCUT2D eigenvalue weighted by Gasteiger charge is -2.35. The molecule has 1 aromatic carbocycles. The summed E-state index contributed by atoms with van der Waals surface area (Å²) in [6.07, 6.45) is 2.12. The number of anilines is 2. The predicted molar refractivity (Wildman–Crippen MR) is 126 cm³/mol. The summed E-state index contributed by atoms with van der Waals surface area (Å²) in [5.41, 5.74) is 6.69. The molecule has 156 valence electrons. The highest BCUT2D eigenvalue weighted by atomic mass is 127. The number of rotatable bonds is 6. The van der Waals surface area contributed by atoms with Crippen molar-refractivity contribution in [3.63, 3.8) is 0 Å². The number of halogens is 1. The number of carbonyl (C=O) groups excluding carboxylic acids is 1. The zero-order valence-corrected chi connectivity index (χ0v) is 18.8. The summed E-state index contributed by atoms with van der Waals surface area (Å²) in [6.45, 7) is 3.30. The molecule has 0 unspecified atom stereocenters. The van der Waals surface area contributed by atoms with Crippen LogP contribution in [0.4, 0.5) is 11.5 Å². The topological polar surface area (TPSA) is 96.1 Å². The first-order valence-corrected chi connectivity index (χ1v) is 9.30. The van der Waals surface area contributed by atoms with Crippen LogP contribution in [0, 0.1) is 0 Å². The molecule has 1 fully saturated rings. The quantitative estimate of drug-likeness (QED) is 0.352. The Kier molecular flexibility index (Phi) is 8.97. The molecule has 1 amide bonds. The summed E-state index contributed by atoms with van der Waals surface area (Å²) in [7, 11) is 1.61. The number of hydrogen-bond donors (Lipinski definition) is 2. The van der Waals surface area contributed by atoms with Gasteiger partial charge < -0.3 is 25.6 Å². The van der Waals surface area contributed by atoms with Crippen LogP contribution in [0.1, 0.15) is 6.42 Å². The Balaban J connectivity index is 0.00000300. The Hall–Kier alpha value is -2.56. The normalized spacial score (nSPS) is 14.2. The molecule has 3 rings (SSSR count). The molecule has 0 saturated carbocycles. The van der Waals surface area contributed by atoms with Gasteiger partial charge in [-0.05, 0) is 24.3 Å². The molecule has 0 atom stereocenters. The average Bonchev–Trinajstić information content (AvgIpc) is 2.74. The number of aromatic nitrogens is 1. The number of nitrogens with zero attached hydrogens (tertiary/aromatic N) is 4. The molecule has 1 aliphatic rings. The summed E-state index contributed by atoms with van der Waals surface area (Å²) in [5.74, 6) is 2.06. The maximum atomic E-state index is 12.4. The van der Waals surface area contributed by atoms with Gasteiger partial charge >= 0.3 is 0 Å². The number of nitrogens with one attached hydrogen (secondary N) is 1. The van der Waals surface area contributed by atoms with Gasteiger partial charge in [0.05, 0.1) is 13.7 Å². The van der Waals surface area contributed by atoms with Crippen molar-refractivity contribution in [2.45, 2.75) is 6.42 Å². The van der Waals surface area contributed by atoms with Gasteiger partial charge in [0.2, 0.25) is 5.91 Å². The monoisotopic (exact) mass is 510 g/mol. The van der Waals surface area contributed by atoms with E-state index < -0.39 is 0 Å². The smallest absolute Gasteiger partial charge is 0.224 e. The van der Waals surface area contributed by atoms with E-state index in [4.69, 9.17) is 10.5 Å². The maximum Gasteiger partial charge on any atom is 0.224 e. The predicted octanol–water partition coefficient (Wildman–Crippen LogP) is 2.17. The van der Waals surface area contributed by atoms with E-state index in [9.17, 15) is 4.79 Å². The van der Waals surface area contributed by atoms with Gasteiger partial charge in [0, 0.05) is 50.6 Å². The second-order valence-electron chi connectivity index (χ2n) is 6.43. The number of ether oxygens (including phenoxy) is 1. The van der Waals surface area contributed by atoms with Crippen LogP contribution in [0.15, 0.2) is 53.7 Å². The highest BCUT2D eigenvalue weighted by Gasteiger charge is 2.21. The minimum atomic E-state index is 0. The molecule has 1 aliphatic heterocycles. The molecule has 1 saturated heterocycles. The molecule has 2 aromatic rings. The lowest BCUT2D eigenvalue weighted by molar-refractivity contribution is -0.131. The molecule has 0 radical (unpaired) electrons. The SMILES string of the molecule is COc1cccc(NC(N)=NCCC(=O)N2CCN(c3ccccn3)CC2)c1.I. The summed E-state index contributed by atoms with van der Waals surface area (Å²) >= 11 is 0. The van der Waals surface area contributed by atoms with Crippen LogP contribution in [-0.4, -0.2) is 61.6 Å². The maximum absolute atomic E-state index is 12.4. The first kappa shape index (κ1) is 22.7. The first-order valence-electron chi connectivity index (χ1n) is 9.30. The molecule has 0 aliphatic carbocycles. The average molecular weight is 510 g/mol. The van der Waals surface area contributed by atoms with Crippen molar-refractivity contribution >= 4 is 47.3 Å².